The smallest absolute Gasteiger partial charge is 0.341 e. The molecule has 1 aromatic heterocycles. The van der Waals surface area contributed by atoms with Crippen LogP contribution in [0.4, 0.5) is 5.13 Å². The number of methoxy groups -OCH3 is 2. The number of anilines is 1. The van der Waals surface area contributed by atoms with E-state index < -0.39 is 5.97 Å². The van der Waals surface area contributed by atoms with Crippen molar-refractivity contribution in [2.75, 3.05) is 20.0 Å². The van der Waals surface area contributed by atoms with Gasteiger partial charge in [0.15, 0.2) is 5.13 Å². The Labute approximate surface area is 155 Å². The Morgan fingerprint density at radius 3 is 2.73 bits per heavy atom. The third-order valence-corrected chi connectivity index (χ3v) is 4.40. The van der Waals surface area contributed by atoms with Crippen molar-refractivity contribution in [3.8, 4) is 22.8 Å². The van der Waals surface area contributed by atoms with E-state index in [0.717, 1.165) is 16.9 Å². The van der Waals surface area contributed by atoms with Crippen molar-refractivity contribution in [1.82, 2.24) is 4.98 Å². The number of ether oxygens (including phenoxy) is 3. The molecule has 2 aromatic carbocycles. The minimum atomic E-state index is -0.476. The lowest BCUT2D eigenvalue weighted by Gasteiger charge is -2.12. The molecule has 0 saturated heterocycles. The Kier molecular flexibility index (Phi) is 5.38. The molecule has 0 spiro atoms. The lowest BCUT2D eigenvalue weighted by atomic mass is 10.1. The zero-order valence-electron chi connectivity index (χ0n) is 14.4. The second-order valence-electron chi connectivity index (χ2n) is 5.41. The Morgan fingerprint density at radius 2 is 2.04 bits per heavy atom. The van der Waals surface area contributed by atoms with Gasteiger partial charge >= 0.3 is 5.97 Å². The van der Waals surface area contributed by atoms with Crippen molar-refractivity contribution in [3.63, 3.8) is 0 Å². The highest BCUT2D eigenvalue weighted by Gasteiger charge is 2.16. The van der Waals surface area contributed by atoms with Gasteiger partial charge in [-0.3, -0.25) is 0 Å². The van der Waals surface area contributed by atoms with E-state index in [9.17, 15) is 4.79 Å². The molecule has 26 heavy (non-hydrogen) atoms. The number of nitrogen functional groups attached to an aromatic ring is 1. The maximum Gasteiger partial charge on any atom is 0.341 e. The summed E-state index contributed by atoms with van der Waals surface area (Å²) in [4.78, 5) is 16.4. The normalized spacial score (nSPS) is 10.4. The van der Waals surface area contributed by atoms with Gasteiger partial charge in [-0.1, -0.05) is 12.1 Å². The first kappa shape index (κ1) is 17.8. The summed E-state index contributed by atoms with van der Waals surface area (Å²) in [6, 6.07) is 12.8. The van der Waals surface area contributed by atoms with Gasteiger partial charge in [-0.25, -0.2) is 9.78 Å². The maximum atomic E-state index is 12.2. The highest BCUT2D eigenvalue weighted by atomic mass is 32.1. The van der Waals surface area contributed by atoms with Crippen LogP contribution in [0, 0.1) is 0 Å². The van der Waals surface area contributed by atoms with Gasteiger partial charge in [0.25, 0.3) is 0 Å². The first-order valence-electron chi connectivity index (χ1n) is 7.80. The van der Waals surface area contributed by atoms with E-state index in [4.69, 9.17) is 19.9 Å². The standard InChI is InChI=1S/C19H18N2O4S/c1-23-14-5-3-4-12(8-14)10-25-17-7-6-13(9-15(17)18(22)24-2)16-11-26-19(20)21-16/h3-9,11H,10H2,1-2H3,(H2,20,21). The SMILES string of the molecule is COC(=O)c1cc(-c2csc(N)n2)ccc1OCc1cccc(OC)c1. The molecule has 0 aliphatic heterocycles. The van der Waals surface area contributed by atoms with Crippen molar-refractivity contribution in [2.24, 2.45) is 0 Å². The van der Waals surface area contributed by atoms with Crippen LogP contribution < -0.4 is 15.2 Å². The lowest BCUT2D eigenvalue weighted by molar-refractivity contribution is 0.0595. The van der Waals surface area contributed by atoms with E-state index in [2.05, 4.69) is 4.98 Å². The summed E-state index contributed by atoms with van der Waals surface area (Å²) < 4.78 is 15.9. The maximum absolute atomic E-state index is 12.2. The number of aromatic nitrogens is 1. The lowest BCUT2D eigenvalue weighted by Crippen LogP contribution is -2.06. The number of hydrogen-bond acceptors (Lipinski definition) is 7. The van der Waals surface area contributed by atoms with Crippen LogP contribution in [-0.2, 0) is 11.3 Å². The fourth-order valence-corrected chi connectivity index (χ4v) is 3.00. The average molecular weight is 370 g/mol. The quantitative estimate of drug-likeness (QED) is 0.665. The minimum absolute atomic E-state index is 0.296. The number of nitrogens with two attached hydrogens (primary N) is 1. The second kappa shape index (κ2) is 7.88. The molecule has 0 aliphatic carbocycles. The van der Waals surface area contributed by atoms with Crippen molar-refractivity contribution >= 4 is 22.4 Å². The third kappa shape index (κ3) is 3.94. The predicted molar refractivity (Wildman–Crippen MR) is 101 cm³/mol. The summed E-state index contributed by atoms with van der Waals surface area (Å²) in [6.45, 7) is 0.296. The van der Waals surface area contributed by atoms with Crippen LogP contribution in [0.3, 0.4) is 0 Å². The van der Waals surface area contributed by atoms with Gasteiger partial charge in [-0.2, -0.15) is 0 Å². The van der Waals surface area contributed by atoms with Crippen LogP contribution in [0.25, 0.3) is 11.3 Å². The minimum Gasteiger partial charge on any atom is -0.497 e. The molecule has 0 unspecified atom stereocenters. The topological polar surface area (TPSA) is 83.7 Å². The molecular formula is C19H18N2O4S. The van der Waals surface area contributed by atoms with E-state index in [1.807, 2.05) is 35.7 Å². The van der Waals surface area contributed by atoms with Gasteiger partial charge in [0.05, 0.1) is 19.9 Å². The van der Waals surface area contributed by atoms with Crippen molar-refractivity contribution in [3.05, 3.63) is 59.0 Å². The molecule has 7 heteroatoms. The Morgan fingerprint density at radius 1 is 1.19 bits per heavy atom. The van der Waals surface area contributed by atoms with E-state index in [-0.39, 0.29) is 0 Å². The predicted octanol–water partition coefficient (Wildman–Crippen LogP) is 3.77. The average Bonchev–Trinajstić information content (AvgIpc) is 3.12. The highest BCUT2D eigenvalue weighted by molar-refractivity contribution is 7.13. The largest absolute Gasteiger partial charge is 0.497 e. The molecule has 2 N–H and O–H groups in total. The molecule has 0 atom stereocenters. The Hall–Kier alpha value is -3.06. The summed E-state index contributed by atoms with van der Waals surface area (Å²) in [6.07, 6.45) is 0. The number of nitrogens with zero attached hydrogens (tertiary/aromatic N) is 1. The number of carbonyl (C=O) groups is 1. The van der Waals surface area contributed by atoms with Gasteiger partial charge in [0.2, 0.25) is 0 Å². The van der Waals surface area contributed by atoms with E-state index in [0.29, 0.717) is 28.7 Å². The zero-order chi connectivity index (χ0) is 18.5. The number of thiazole rings is 1. The molecule has 0 bridgehead atoms. The van der Waals surface area contributed by atoms with E-state index in [1.165, 1.54) is 18.4 Å². The van der Waals surface area contributed by atoms with Crippen LogP contribution in [0.15, 0.2) is 47.8 Å². The second-order valence-corrected chi connectivity index (χ2v) is 6.30. The highest BCUT2D eigenvalue weighted by Crippen LogP contribution is 2.29. The fraction of sp³-hybridized carbons (Fsp3) is 0.158. The first-order chi connectivity index (χ1) is 12.6. The van der Waals surface area contributed by atoms with Crippen LogP contribution in [0.5, 0.6) is 11.5 Å². The number of hydrogen-bond donors (Lipinski definition) is 1. The Balaban J connectivity index is 1.86. The van der Waals surface area contributed by atoms with Gasteiger partial charge in [-0.15, -0.1) is 11.3 Å². The van der Waals surface area contributed by atoms with Crippen molar-refractivity contribution < 1.29 is 19.0 Å². The molecule has 134 valence electrons. The van der Waals surface area contributed by atoms with Crippen molar-refractivity contribution in [2.45, 2.75) is 6.61 Å². The summed E-state index contributed by atoms with van der Waals surface area (Å²) in [5, 5.41) is 2.31. The van der Waals surface area contributed by atoms with Gasteiger partial charge in [0, 0.05) is 10.9 Å². The number of rotatable bonds is 6. The number of benzene rings is 2. The van der Waals surface area contributed by atoms with E-state index >= 15 is 0 Å². The van der Waals surface area contributed by atoms with E-state index in [1.54, 1.807) is 19.2 Å². The fourth-order valence-electron chi connectivity index (χ4n) is 2.43. The molecule has 0 fully saturated rings. The molecule has 0 amide bonds. The van der Waals surface area contributed by atoms with Gasteiger partial charge < -0.3 is 19.9 Å². The molecule has 6 nitrogen and oxygen atoms in total. The van der Waals surface area contributed by atoms with Crippen molar-refractivity contribution in [1.29, 1.82) is 0 Å². The van der Waals surface area contributed by atoms with Crippen LogP contribution in [0.2, 0.25) is 0 Å². The number of esters is 1. The summed E-state index contributed by atoms with van der Waals surface area (Å²) in [5.74, 6) is 0.707. The molecule has 0 aliphatic rings. The van der Waals surface area contributed by atoms with Gasteiger partial charge in [-0.05, 0) is 35.9 Å². The van der Waals surface area contributed by atoms with Crippen LogP contribution in [0.1, 0.15) is 15.9 Å². The zero-order valence-corrected chi connectivity index (χ0v) is 15.2. The third-order valence-electron chi connectivity index (χ3n) is 3.73. The Bertz CT molecular complexity index is 923. The molecule has 1 heterocycles. The van der Waals surface area contributed by atoms with Crippen LogP contribution >= 0.6 is 11.3 Å². The molecule has 3 aromatic rings. The van der Waals surface area contributed by atoms with Crippen LogP contribution in [-0.4, -0.2) is 25.2 Å². The molecule has 3 rings (SSSR count). The molecule has 0 saturated carbocycles. The molecular weight excluding hydrogens is 352 g/mol. The summed E-state index contributed by atoms with van der Waals surface area (Å²) in [5.41, 5.74) is 8.42. The van der Waals surface area contributed by atoms with Gasteiger partial charge in [0.1, 0.15) is 23.7 Å². The first-order valence-corrected chi connectivity index (χ1v) is 8.68. The summed E-state index contributed by atoms with van der Waals surface area (Å²) >= 11 is 1.34. The monoisotopic (exact) mass is 370 g/mol. The molecule has 0 radical (unpaired) electrons. The number of carbonyl (C=O) groups excluding carboxylic acids is 1. The summed E-state index contributed by atoms with van der Waals surface area (Å²) in [7, 11) is 2.95.